The predicted molar refractivity (Wildman–Crippen MR) is 60.0 cm³/mol. The highest BCUT2D eigenvalue weighted by atomic mass is 32.2. The first-order valence-corrected chi connectivity index (χ1v) is 5.49. The summed E-state index contributed by atoms with van der Waals surface area (Å²) in [5.74, 6) is 0.606. The molecule has 1 nitrogen and oxygen atoms in total. The molecule has 1 aromatic carbocycles. The first-order chi connectivity index (χ1) is 6.09. The highest BCUT2D eigenvalue weighted by molar-refractivity contribution is 7.99. The summed E-state index contributed by atoms with van der Waals surface area (Å²) in [6.45, 7) is 6.41. The molecule has 1 unspecified atom stereocenters. The molecule has 0 heterocycles. The molecule has 0 fully saturated rings. The molecule has 72 valence electrons. The van der Waals surface area contributed by atoms with E-state index >= 15 is 0 Å². The van der Waals surface area contributed by atoms with Crippen LogP contribution in [-0.2, 0) is 0 Å². The molecular weight excluding hydrogens is 178 g/mol. The molecule has 1 rings (SSSR count). The van der Waals surface area contributed by atoms with E-state index in [4.69, 9.17) is 5.73 Å². The summed E-state index contributed by atoms with van der Waals surface area (Å²) in [7, 11) is 0. The van der Waals surface area contributed by atoms with Crippen molar-refractivity contribution in [1.82, 2.24) is 0 Å². The van der Waals surface area contributed by atoms with Crippen molar-refractivity contribution in [3.05, 3.63) is 29.8 Å². The van der Waals surface area contributed by atoms with Crippen molar-refractivity contribution in [2.75, 3.05) is 0 Å². The van der Waals surface area contributed by atoms with Gasteiger partial charge in [-0.05, 0) is 30.5 Å². The fourth-order valence-electron chi connectivity index (χ4n) is 1.15. The van der Waals surface area contributed by atoms with Crippen LogP contribution in [0.4, 0.5) is 0 Å². The molecule has 2 heteroatoms. The van der Waals surface area contributed by atoms with Crippen LogP contribution in [0.3, 0.4) is 0 Å². The Morgan fingerprint density at radius 1 is 1.08 bits per heavy atom. The Kier molecular flexibility index (Phi) is 3.82. The minimum Gasteiger partial charge on any atom is -0.319 e. The summed E-state index contributed by atoms with van der Waals surface area (Å²) in [6.07, 6.45) is 0. The molecule has 1 aromatic rings. The monoisotopic (exact) mass is 195 g/mol. The first-order valence-electron chi connectivity index (χ1n) is 4.62. The quantitative estimate of drug-likeness (QED) is 0.592. The van der Waals surface area contributed by atoms with Gasteiger partial charge in [0.1, 0.15) is 0 Å². The lowest BCUT2D eigenvalue weighted by Gasteiger charge is -2.08. The lowest BCUT2D eigenvalue weighted by molar-refractivity contribution is 0.864. The number of thioether (sulfide) groups is 1. The first kappa shape index (κ1) is 10.6. The molecule has 0 aliphatic heterocycles. The zero-order valence-electron chi connectivity index (χ0n) is 8.45. The maximum absolute atomic E-state index is 5.69. The molecule has 0 aliphatic rings. The lowest BCUT2D eigenvalue weighted by atomic mass is 10.0. The molecule has 1 atom stereocenters. The summed E-state index contributed by atoms with van der Waals surface area (Å²) in [5, 5.41) is 0.171. The molecule has 0 saturated carbocycles. The van der Waals surface area contributed by atoms with E-state index in [1.54, 1.807) is 11.8 Å². The number of hydrogen-bond donors (Lipinski definition) is 1. The Bertz CT molecular complexity index is 251. The summed E-state index contributed by atoms with van der Waals surface area (Å²) in [6, 6.07) is 8.64. The fourth-order valence-corrected chi connectivity index (χ4v) is 1.87. The zero-order valence-corrected chi connectivity index (χ0v) is 9.27. The Balaban J connectivity index is 2.70. The number of nitrogens with two attached hydrogens (primary N) is 1. The van der Waals surface area contributed by atoms with Crippen molar-refractivity contribution in [2.45, 2.75) is 37.0 Å². The molecule has 0 aliphatic carbocycles. The van der Waals surface area contributed by atoms with Crippen LogP contribution < -0.4 is 5.73 Å². The van der Waals surface area contributed by atoms with Crippen LogP contribution in [0.1, 0.15) is 32.3 Å². The predicted octanol–water partition coefficient (Wildman–Crippen LogP) is 3.21. The van der Waals surface area contributed by atoms with Gasteiger partial charge in [-0.3, -0.25) is 0 Å². The largest absolute Gasteiger partial charge is 0.319 e. The van der Waals surface area contributed by atoms with Gasteiger partial charge in [0.2, 0.25) is 0 Å². The van der Waals surface area contributed by atoms with E-state index in [0.717, 1.165) is 0 Å². The maximum Gasteiger partial charge on any atom is 0.0525 e. The van der Waals surface area contributed by atoms with Crippen LogP contribution in [0.25, 0.3) is 0 Å². The van der Waals surface area contributed by atoms with Gasteiger partial charge in [-0.25, -0.2) is 0 Å². The highest BCUT2D eigenvalue weighted by Crippen LogP contribution is 2.23. The molecule has 2 N–H and O–H groups in total. The van der Waals surface area contributed by atoms with Gasteiger partial charge in [-0.15, -0.1) is 11.8 Å². The Hall–Kier alpha value is -0.470. The van der Waals surface area contributed by atoms with Gasteiger partial charge < -0.3 is 5.73 Å². The summed E-state index contributed by atoms with van der Waals surface area (Å²) in [5.41, 5.74) is 7.07. The normalized spacial score (nSPS) is 13.3. The Labute approximate surface area is 84.7 Å². The standard InChI is InChI=1S/C11H17NS/c1-8(2)10-4-6-11(7-5-10)13-9(3)12/h4-9H,12H2,1-3H3. The molecule has 0 amide bonds. The Morgan fingerprint density at radius 3 is 2.00 bits per heavy atom. The van der Waals surface area contributed by atoms with E-state index in [1.165, 1.54) is 10.5 Å². The zero-order chi connectivity index (χ0) is 9.84. The molecule has 0 spiro atoms. The van der Waals surface area contributed by atoms with Gasteiger partial charge in [-0.2, -0.15) is 0 Å². The van der Waals surface area contributed by atoms with E-state index in [9.17, 15) is 0 Å². The average molecular weight is 195 g/mol. The van der Waals surface area contributed by atoms with Crippen molar-refractivity contribution in [2.24, 2.45) is 5.73 Å². The second-order valence-electron chi connectivity index (χ2n) is 3.55. The number of benzene rings is 1. The van der Waals surface area contributed by atoms with Crippen LogP contribution in [-0.4, -0.2) is 5.37 Å². The molecule has 0 saturated heterocycles. The third kappa shape index (κ3) is 3.41. The van der Waals surface area contributed by atoms with Crippen molar-refractivity contribution in [3.63, 3.8) is 0 Å². The van der Waals surface area contributed by atoms with Gasteiger partial charge >= 0.3 is 0 Å². The lowest BCUT2D eigenvalue weighted by Crippen LogP contribution is -2.08. The smallest absolute Gasteiger partial charge is 0.0525 e. The van der Waals surface area contributed by atoms with E-state index in [2.05, 4.69) is 38.1 Å². The van der Waals surface area contributed by atoms with Crippen molar-refractivity contribution < 1.29 is 0 Å². The van der Waals surface area contributed by atoms with Crippen molar-refractivity contribution >= 4 is 11.8 Å². The van der Waals surface area contributed by atoms with Crippen molar-refractivity contribution in [3.8, 4) is 0 Å². The third-order valence-electron chi connectivity index (χ3n) is 1.87. The topological polar surface area (TPSA) is 26.0 Å². The summed E-state index contributed by atoms with van der Waals surface area (Å²) >= 11 is 1.70. The van der Waals surface area contributed by atoms with Gasteiger partial charge in [0.15, 0.2) is 0 Å². The summed E-state index contributed by atoms with van der Waals surface area (Å²) in [4.78, 5) is 1.25. The van der Waals surface area contributed by atoms with E-state index in [-0.39, 0.29) is 5.37 Å². The number of hydrogen-bond acceptors (Lipinski definition) is 2. The molecule has 0 aromatic heterocycles. The van der Waals surface area contributed by atoms with Crippen LogP contribution >= 0.6 is 11.8 Å². The minimum absolute atomic E-state index is 0.171. The van der Waals surface area contributed by atoms with Crippen LogP contribution in [0, 0.1) is 0 Å². The SMILES string of the molecule is CC(N)Sc1ccc(C(C)C)cc1. The molecular formula is C11H17NS. The third-order valence-corrected chi connectivity index (χ3v) is 2.78. The Morgan fingerprint density at radius 2 is 1.62 bits per heavy atom. The van der Waals surface area contributed by atoms with E-state index < -0.39 is 0 Å². The second kappa shape index (κ2) is 4.68. The highest BCUT2D eigenvalue weighted by Gasteiger charge is 2.00. The van der Waals surface area contributed by atoms with E-state index in [0.29, 0.717) is 5.92 Å². The fraction of sp³-hybridized carbons (Fsp3) is 0.455. The van der Waals surface area contributed by atoms with Crippen LogP contribution in [0.2, 0.25) is 0 Å². The van der Waals surface area contributed by atoms with Gasteiger partial charge in [0, 0.05) is 4.90 Å². The van der Waals surface area contributed by atoms with Crippen LogP contribution in [0.5, 0.6) is 0 Å². The van der Waals surface area contributed by atoms with Gasteiger partial charge in [0.05, 0.1) is 5.37 Å². The van der Waals surface area contributed by atoms with E-state index in [1.807, 2.05) is 6.92 Å². The molecule has 0 bridgehead atoms. The molecule has 0 radical (unpaired) electrons. The minimum atomic E-state index is 0.171. The second-order valence-corrected chi connectivity index (χ2v) is 5.00. The maximum atomic E-state index is 5.69. The summed E-state index contributed by atoms with van der Waals surface area (Å²) < 4.78 is 0. The average Bonchev–Trinajstić information content (AvgIpc) is 2.04. The van der Waals surface area contributed by atoms with Crippen LogP contribution in [0.15, 0.2) is 29.2 Å². The van der Waals surface area contributed by atoms with Gasteiger partial charge in [-0.1, -0.05) is 26.0 Å². The van der Waals surface area contributed by atoms with Gasteiger partial charge in [0.25, 0.3) is 0 Å². The molecule has 13 heavy (non-hydrogen) atoms. The van der Waals surface area contributed by atoms with Crippen molar-refractivity contribution in [1.29, 1.82) is 0 Å². The number of rotatable bonds is 3.